The second-order valence-corrected chi connectivity index (χ2v) is 5.12. The SMILES string of the molecule is CN1CCC(N2CCCC[C@H]2C(=O)O)CC1. The van der Waals surface area contributed by atoms with Crippen molar-refractivity contribution in [3.63, 3.8) is 0 Å². The molecule has 0 saturated carbocycles. The van der Waals surface area contributed by atoms with E-state index >= 15 is 0 Å². The highest BCUT2D eigenvalue weighted by Gasteiger charge is 2.34. The smallest absolute Gasteiger partial charge is 0.320 e. The number of carboxylic acid groups (broad SMARTS) is 1. The molecule has 2 heterocycles. The molecule has 2 fully saturated rings. The second-order valence-electron chi connectivity index (χ2n) is 5.12. The van der Waals surface area contributed by atoms with Crippen molar-refractivity contribution in [2.75, 3.05) is 26.7 Å². The minimum atomic E-state index is -0.626. The van der Waals surface area contributed by atoms with Crippen LogP contribution in [-0.4, -0.2) is 59.6 Å². The van der Waals surface area contributed by atoms with E-state index in [0.29, 0.717) is 6.04 Å². The Morgan fingerprint density at radius 1 is 1.12 bits per heavy atom. The van der Waals surface area contributed by atoms with Gasteiger partial charge >= 0.3 is 5.97 Å². The van der Waals surface area contributed by atoms with Crippen molar-refractivity contribution < 1.29 is 9.90 Å². The van der Waals surface area contributed by atoms with Crippen LogP contribution in [0.1, 0.15) is 32.1 Å². The summed E-state index contributed by atoms with van der Waals surface area (Å²) in [6.07, 6.45) is 5.32. The van der Waals surface area contributed by atoms with E-state index in [2.05, 4.69) is 16.8 Å². The van der Waals surface area contributed by atoms with Crippen LogP contribution in [0.25, 0.3) is 0 Å². The fraction of sp³-hybridized carbons (Fsp3) is 0.917. The standard InChI is InChI=1S/C12H22N2O2/c1-13-8-5-10(6-9-13)14-7-3-2-4-11(14)12(15)16/h10-11H,2-9H2,1H3,(H,15,16)/t11-/m0/s1. The average molecular weight is 226 g/mol. The van der Waals surface area contributed by atoms with Crippen molar-refractivity contribution in [1.82, 2.24) is 9.80 Å². The Kier molecular flexibility index (Phi) is 3.82. The van der Waals surface area contributed by atoms with Crippen LogP contribution in [-0.2, 0) is 4.79 Å². The molecule has 0 radical (unpaired) electrons. The van der Waals surface area contributed by atoms with Gasteiger partial charge in [0.2, 0.25) is 0 Å². The lowest BCUT2D eigenvalue weighted by Crippen LogP contribution is -2.53. The van der Waals surface area contributed by atoms with Gasteiger partial charge in [-0.05, 0) is 52.4 Å². The van der Waals surface area contributed by atoms with E-state index in [9.17, 15) is 9.90 Å². The number of aliphatic carboxylic acids is 1. The molecule has 2 aliphatic rings. The van der Waals surface area contributed by atoms with Gasteiger partial charge in [-0.3, -0.25) is 9.69 Å². The van der Waals surface area contributed by atoms with E-state index in [-0.39, 0.29) is 6.04 Å². The molecule has 0 bridgehead atoms. The Bertz CT molecular complexity index is 249. The highest BCUT2D eigenvalue weighted by Crippen LogP contribution is 2.25. The summed E-state index contributed by atoms with van der Waals surface area (Å²) in [7, 11) is 2.14. The van der Waals surface area contributed by atoms with Crippen LogP contribution < -0.4 is 0 Å². The number of likely N-dealkylation sites (tertiary alicyclic amines) is 2. The first-order valence-corrected chi connectivity index (χ1v) is 6.35. The Labute approximate surface area is 97.2 Å². The van der Waals surface area contributed by atoms with Crippen LogP contribution in [0.15, 0.2) is 0 Å². The predicted octanol–water partition coefficient (Wildman–Crippen LogP) is 1.02. The van der Waals surface area contributed by atoms with E-state index in [0.717, 1.165) is 51.7 Å². The summed E-state index contributed by atoms with van der Waals surface area (Å²) in [4.78, 5) is 15.8. The Morgan fingerprint density at radius 2 is 1.81 bits per heavy atom. The van der Waals surface area contributed by atoms with Crippen LogP contribution in [0.3, 0.4) is 0 Å². The molecule has 0 aromatic rings. The van der Waals surface area contributed by atoms with E-state index in [1.807, 2.05) is 0 Å². The van der Waals surface area contributed by atoms with Gasteiger partial charge in [-0.2, -0.15) is 0 Å². The molecule has 4 heteroatoms. The Hall–Kier alpha value is -0.610. The minimum Gasteiger partial charge on any atom is -0.480 e. The highest BCUT2D eigenvalue weighted by atomic mass is 16.4. The van der Waals surface area contributed by atoms with Gasteiger partial charge in [0.1, 0.15) is 6.04 Å². The summed E-state index contributed by atoms with van der Waals surface area (Å²) in [5.74, 6) is -0.626. The molecule has 2 saturated heterocycles. The lowest BCUT2D eigenvalue weighted by Gasteiger charge is -2.42. The van der Waals surface area contributed by atoms with Crippen LogP contribution >= 0.6 is 0 Å². The molecular weight excluding hydrogens is 204 g/mol. The van der Waals surface area contributed by atoms with Gasteiger partial charge in [-0.25, -0.2) is 0 Å². The fourth-order valence-electron chi connectivity index (χ4n) is 2.98. The van der Waals surface area contributed by atoms with Gasteiger partial charge in [-0.1, -0.05) is 6.42 Å². The molecule has 0 aromatic heterocycles. The molecular formula is C12H22N2O2. The summed E-state index contributed by atoms with van der Waals surface area (Å²) in [5, 5.41) is 9.24. The molecule has 1 N–H and O–H groups in total. The van der Waals surface area contributed by atoms with Crippen molar-refractivity contribution in [2.24, 2.45) is 0 Å². The summed E-state index contributed by atoms with van der Waals surface area (Å²) in [5.41, 5.74) is 0. The van der Waals surface area contributed by atoms with Crippen molar-refractivity contribution in [3.05, 3.63) is 0 Å². The molecule has 2 rings (SSSR count). The van der Waals surface area contributed by atoms with Crippen LogP contribution in [0.2, 0.25) is 0 Å². The third kappa shape index (κ3) is 2.55. The maximum atomic E-state index is 11.2. The molecule has 0 aromatic carbocycles. The van der Waals surface area contributed by atoms with Gasteiger partial charge in [0, 0.05) is 6.04 Å². The molecule has 4 nitrogen and oxygen atoms in total. The van der Waals surface area contributed by atoms with Gasteiger partial charge in [0.15, 0.2) is 0 Å². The second kappa shape index (κ2) is 5.15. The molecule has 0 unspecified atom stereocenters. The molecule has 0 amide bonds. The van der Waals surface area contributed by atoms with Gasteiger partial charge in [0.25, 0.3) is 0 Å². The minimum absolute atomic E-state index is 0.220. The predicted molar refractivity (Wildman–Crippen MR) is 62.5 cm³/mol. The first-order valence-electron chi connectivity index (χ1n) is 6.35. The zero-order valence-electron chi connectivity index (χ0n) is 10.1. The monoisotopic (exact) mass is 226 g/mol. The third-order valence-electron chi connectivity index (χ3n) is 3.99. The first kappa shape index (κ1) is 11.9. The average Bonchev–Trinajstić information content (AvgIpc) is 2.30. The summed E-state index contributed by atoms with van der Waals surface area (Å²) in [6, 6.07) is 0.278. The van der Waals surface area contributed by atoms with Crippen molar-refractivity contribution >= 4 is 5.97 Å². The van der Waals surface area contributed by atoms with Gasteiger partial charge < -0.3 is 10.0 Å². The zero-order chi connectivity index (χ0) is 11.5. The molecule has 92 valence electrons. The maximum Gasteiger partial charge on any atom is 0.320 e. The van der Waals surface area contributed by atoms with Gasteiger partial charge in [0.05, 0.1) is 0 Å². The molecule has 0 aliphatic carbocycles. The molecule has 1 atom stereocenters. The van der Waals surface area contributed by atoms with Crippen molar-refractivity contribution in [2.45, 2.75) is 44.2 Å². The van der Waals surface area contributed by atoms with Gasteiger partial charge in [-0.15, -0.1) is 0 Å². The lowest BCUT2D eigenvalue weighted by molar-refractivity contribution is -0.146. The lowest BCUT2D eigenvalue weighted by atomic mass is 9.95. The maximum absolute atomic E-state index is 11.2. The van der Waals surface area contributed by atoms with Crippen molar-refractivity contribution in [1.29, 1.82) is 0 Å². The molecule has 0 spiro atoms. The third-order valence-corrected chi connectivity index (χ3v) is 3.99. The zero-order valence-corrected chi connectivity index (χ0v) is 10.1. The number of carbonyl (C=O) groups is 1. The van der Waals surface area contributed by atoms with E-state index < -0.39 is 5.97 Å². The number of piperidine rings is 2. The summed E-state index contributed by atoms with van der Waals surface area (Å²) < 4.78 is 0. The highest BCUT2D eigenvalue weighted by molar-refractivity contribution is 5.73. The number of hydrogen-bond acceptors (Lipinski definition) is 3. The number of carboxylic acids is 1. The number of rotatable bonds is 2. The van der Waals surface area contributed by atoms with Crippen LogP contribution in [0.4, 0.5) is 0 Å². The first-order chi connectivity index (χ1) is 7.68. The largest absolute Gasteiger partial charge is 0.480 e. The topological polar surface area (TPSA) is 43.8 Å². The number of nitrogens with zero attached hydrogens (tertiary/aromatic N) is 2. The molecule has 2 aliphatic heterocycles. The quantitative estimate of drug-likeness (QED) is 0.763. The summed E-state index contributed by atoms with van der Waals surface area (Å²) in [6.45, 7) is 3.19. The van der Waals surface area contributed by atoms with E-state index in [1.54, 1.807) is 0 Å². The van der Waals surface area contributed by atoms with E-state index in [1.165, 1.54) is 0 Å². The normalized spacial score (nSPS) is 30.4. The number of hydrogen-bond donors (Lipinski definition) is 1. The van der Waals surface area contributed by atoms with Crippen LogP contribution in [0, 0.1) is 0 Å². The summed E-state index contributed by atoms with van der Waals surface area (Å²) >= 11 is 0. The van der Waals surface area contributed by atoms with E-state index in [4.69, 9.17) is 0 Å². The van der Waals surface area contributed by atoms with Crippen LogP contribution in [0.5, 0.6) is 0 Å². The Morgan fingerprint density at radius 3 is 2.44 bits per heavy atom. The van der Waals surface area contributed by atoms with Crippen molar-refractivity contribution in [3.8, 4) is 0 Å². The fourth-order valence-corrected chi connectivity index (χ4v) is 2.98. The Balaban J connectivity index is 1.97. The molecule has 16 heavy (non-hydrogen) atoms.